The first-order valence-electron chi connectivity index (χ1n) is 8.34. The first-order chi connectivity index (χ1) is 10.1. The minimum atomic E-state index is -0.145. The summed E-state index contributed by atoms with van der Waals surface area (Å²) in [7, 11) is 0. The van der Waals surface area contributed by atoms with Gasteiger partial charge in [-0.15, -0.1) is 0 Å². The summed E-state index contributed by atoms with van der Waals surface area (Å²) in [6.07, 6.45) is 5.28. The molecule has 0 aromatic rings. The molecule has 0 unspecified atom stereocenters. The fraction of sp³-hybridized carbons (Fsp3) is 0.765. The molecular formula is C17H28N2O2. The van der Waals surface area contributed by atoms with E-state index < -0.39 is 0 Å². The molecule has 1 fully saturated rings. The van der Waals surface area contributed by atoms with Crippen molar-refractivity contribution in [2.24, 2.45) is 23.7 Å². The Morgan fingerprint density at radius 3 is 1.43 bits per heavy atom. The molecule has 2 amide bonds. The Morgan fingerprint density at radius 1 is 0.810 bits per heavy atom. The van der Waals surface area contributed by atoms with Crippen molar-refractivity contribution >= 4 is 11.8 Å². The van der Waals surface area contributed by atoms with E-state index >= 15 is 0 Å². The largest absolute Gasteiger partial charge is 0.343 e. The molecule has 0 radical (unpaired) electrons. The van der Waals surface area contributed by atoms with Gasteiger partial charge in [0.15, 0.2) is 0 Å². The lowest BCUT2D eigenvalue weighted by molar-refractivity contribution is -0.146. The van der Waals surface area contributed by atoms with Crippen LogP contribution in [0.2, 0.25) is 0 Å². The van der Waals surface area contributed by atoms with Gasteiger partial charge < -0.3 is 9.80 Å². The standard InChI is InChI=1S/C17H28N2O2/c1-5-18(6-2)16(20)14-12-9-10-13(11-12)15(14)17(21)19(7-3)8-4/h9-10,12-15H,5-8,11H2,1-4H3/t12-,13-,14-,15-/m0/s1. The monoisotopic (exact) mass is 292 g/mol. The van der Waals surface area contributed by atoms with Gasteiger partial charge in [-0.3, -0.25) is 9.59 Å². The molecule has 4 atom stereocenters. The molecule has 21 heavy (non-hydrogen) atoms. The van der Waals surface area contributed by atoms with E-state index in [2.05, 4.69) is 12.2 Å². The summed E-state index contributed by atoms with van der Waals surface area (Å²) >= 11 is 0. The Kier molecular flexibility index (Phi) is 5.07. The van der Waals surface area contributed by atoms with Crippen LogP contribution in [0.3, 0.4) is 0 Å². The molecule has 0 aromatic heterocycles. The minimum Gasteiger partial charge on any atom is -0.343 e. The van der Waals surface area contributed by atoms with Crippen molar-refractivity contribution in [1.29, 1.82) is 0 Å². The summed E-state index contributed by atoms with van der Waals surface area (Å²) in [6.45, 7) is 10.9. The molecule has 2 bridgehead atoms. The number of hydrogen-bond acceptors (Lipinski definition) is 2. The van der Waals surface area contributed by atoms with Crippen LogP contribution in [0.15, 0.2) is 12.2 Å². The van der Waals surface area contributed by atoms with E-state index in [1.54, 1.807) is 0 Å². The molecule has 4 nitrogen and oxygen atoms in total. The molecular weight excluding hydrogens is 264 g/mol. The third-order valence-electron chi connectivity index (χ3n) is 5.18. The van der Waals surface area contributed by atoms with Gasteiger partial charge in [0.05, 0.1) is 11.8 Å². The topological polar surface area (TPSA) is 40.6 Å². The summed E-state index contributed by atoms with van der Waals surface area (Å²) in [4.78, 5) is 29.4. The number of hydrogen-bond donors (Lipinski definition) is 0. The van der Waals surface area contributed by atoms with Gasteiger partial charge >= 0.3 is 0 Å². The average Bonchev–Trinajstić information content (AvgIpc) is 3.10. The molecule has 0 saturated heterocycles. The Bertz CT molecular complexity index is 387. The van der Waals surface area contributed by atoms with Crippen molar-refractivity contribution in [3.05, 3.63) is 12.2 Å². The first kappa shape index (κ1) is 16.1. The lowest BCUT2D eigenvalue weighted by Crippen LogP contribution is -2.47. The third kappa shape index (κ3) is 2.72. The molecule has 0 aromatic carbocycles. The highest BCUT2D eigenvalue weighted by atomic mass is 16.2. The van der Waals surface area contributed by atoms with Crippen LogP contribution in [-0.2, 0) is 9.59 Å². The van der Waals surface area contributed by atoms with E-state index in [0.29, 0.717) is 0 Å². The smallest absolute Gasteiger partial charge is 0.227 e. The second-order valence-corrected chi connectivity index (χ2v) is 6.02. The zero-order chi connectivity index (χ0) is 15.6. The highest BCUT2D eigenvalue weighted by Crippen LogP contribution is 2.49. The number of amides is 2. The quantitative estimate of drug-likeness (QED) is 0.704. The van der Waals surface area contributed by atoms with Crippen LogP contribution in [0.25, 0.3) is 0 Å². The van der Waals surface area contributed by atoms with Crippen molar-refractivity contribution in [2.45, 2.75) is 34.1 Å². The Balaban J connectivity index is 2.24. The molecule has 2 rings (SSSR count). The number of allylic oxidation sites excluding steroid dienone is 2. The number of carbonyl (C=O) groups excluding carboxylic acids is 2. The Morgan fingerprint density at radius 2 is 1.14 bits per heavy atom. The highest BCUT2D eigenvalue weighted by molar-refractivity contribution is 5.89. The van der Waals surface area contributed by atoms with Crippen LogP contribution < -0.4 is 0 Å². The van der Waals surface area contributed by atoms with Crippen molar-refractivity contribution in [3.63, 3.8) is 0 Å². The van der Waals surface area contributed by atoms with Crippen molar-refractivity contribution in [1.82, 2.24) is 9.80 Å². The van der Waals surface area contributed by atoms with Crippen LogP contribution >= 0.6 is 0 Å². The number of nitrogens with zero attached hydrogens (tertiary/aromatic N) is 2. The van der Waals surface area contributed by atoms with Gasteiger partial charge in [-0.05, 0) is 46.0 Å². The van der Waals surface area contributed by atoms with Gasteiger partial charge in [-0.2, -0.15) is 0 Å². The van der Waals surface area contributed by atoms with Crippen LogP contribution in [0.4, 0.5) is 0 Å². The van der Waals surface area contributed by atoms with Gasteiger partial charge in [0.25, 0.3) is 0 Å². The maximum absolute atomic E-state index is 12.8. The van der Waals surface area contributed by atoms with Gasteiger partial charge in [-0.25, -0.2) is 0 Å². The van der Waals surface area contributed by atoms with Crippen LogP contribution in [0.1, 0.15) is 34.1 Å². The lowest BCUT2D eigenvalue weighted by atomic mass is 9.81. The Hall–Kier alpha value is -1.32. The summed E-state index contributed by atoms with van der Waals surface area (Å²) in [6, 6.07) is 0. The van der Waals surface area contributed by atoms with E-state index in [1.807, 2.05) is 37.5 Å². The fourth-order valence-electron chi connectivity index (χ4n) is 3.99. The predicted octanol–water partition coefficient (Wildman–Crippen LogP) is 2.16. The van der Waals surface area contributed by atoms with Crippen LogP contribution in [-0.4, -0.2) is 47.8 Å². The Labute approximate surface area is 128 Å². The van der Waals surface area contributed by atoms with Crippen molar-refractivity contribution in [2.75, 3.05) is 26.2 Å². The van der Waals surface area contributed by atoms with E-state index in [4.69, 9.17) is 0 Å². The average molecular weight is 292 g/mol. The molecule has 0 heterocycles. The fourth-order valence-corrected chi connectivity index (χ4v) is 3.99. The second kappa shape index (κ2) is 6.63. The third-order valence-corrected chi connectivity index (χ3v) is 5.18. The lowest BCUT2D eigenvalue weighted by Gasteiger charge is -2.33. The molecule has 0 aliphatic heterocycles. The van der Waals surface area contributed by atoms with E-state index in [0.717, 1.165) is 32.6 Å². The molecule has 1 saturated carbocycles. The SMILES string of the molecule is CCN(CC)C(=O)[C@@H]1[C@@H](C(=O)N(CC)CC)[C@H]2C=C[C@H]1C2. The second-order valence-electron chi connectivity index (χ2n) is 6.02. The predicted molar refractivity (Wildman–Crippen MR) is 83.6 cm³/mol. The summed E-state index contributed by atoms with van der Waals surface area (Å²) in [5, 5.41) is 0. The van der Waals surface area contributed by atoms with Crippen molar-refractivity contribution < 1.29 is 9.59 Å². The number of carbonyl (C=O) groups is 2. The number of fused-ring (bicyclic) bond motifs is 2. The van der Waals surface area contributed by atoms with Gasteiger partial charge in [0.1, 0.15) is 0 Å². The summed E-state index contributed by atoms with van der Waals surface area (Å²) < 4.78 is 0. The minimum absolute atomic E-state index is 0.145. The molecule has 2 aliphatic carbocycles. The van der Waals surface area contributed by atoms with Crippen LogP contribution in [0.5, 0.6) is 0 Å². The van der Waals surface area contributed by atoms with E-state index in [9.17, 15) is 9.59 Å². The highest BCUT2D eigenvalue weighted by Gasteiger charge is 2.52. The zero-order valence-corrected chi connectivity index (χ0v) is 13.7. The first-order valence-corrected chi connectivity index (χ1v) is 8.34. The maximum atomic E-state index is 12.8. The maximum Gasteiger partial charge on any atom is 0.227 e. The van der Waals surface area contributed by atoms with E-state index in [1.165, 1.54) is 0 Å². The summed E-state index contributed by atoms with van der Waals surface area (Å²) in [5.41, 5.74) is 0. The number of rotatable bonds is 6. The van der Waals surface area contributed by atoms with Gasteiger partial charge in [0, 0.05) is 26.2 Å². The molecule has 2 aliphatic rings. The van der Waals surface area contributed by atoms with Gasteiger partial charge in [-0.1, -0.05) is 12.2 Å². The molecule has 118 valence electrons. The molecule has 0 N–H and O–H groups in total. The molecule has 0 spiro atoms. The zero-order valence-electron chi connectivity index (χ0n) is 13.7. The van der Waals surface area contributed by atoms with Gasteiger partial charge in [0.2, 0.25) is 11.8 Å². The van der Waals surface area contributed by atoms with Crippen LogP contribution in [0, 0.1) is 23.7 Å². The molecule has 4 heteroatoms. The normalized spacial score (nSPS) is 29.7. The van der Waals surface area contributed by atoms with E-state index in [-0.39, 0.29) is 35.5 Å². The van der Waals surface area contributed by atoms with Crippen molar-refractivity contribution in [3.8, 4) is 0 Å². The summed E-state index contributed by atoms with van der Waals surface area (Å²) in [5.74, 6) is 0.561.